The molecule has 0 amide bonds. The summed E-state index contributed by atoms with van der Waals surface area (Å²) in [6.07, 6.45) is 6.02. The number of benzene rings is 1. The molecule has 0 spiro atoms. The lowest BCUT2D eigenvalue weighted by atomic mass is 9.80. The second-order valence-corrected chi connectivity index (χ2v) is 6.22. The van der Waals surface area contributed by atoms with Crippen LogP contribution in [0.4, 0.5) is 0 Å². The molecule has 1 aromatic rings. The molecule has 118 valence electrons. The number of nitrogens with zero attached hydrogens (tertiary/aromatic N) is 1. The number of hydrogen-bond donors (Lipinski definition) is 2. The zero-order valence-corrected chi connectivity index (χ0v) is 13.7. The van der Waals surface area contributed by atoms with Crippen molar-refractivity contribution in [2.24, 2.45) is 0 Å². The van der Waals surface area contributed by atoms with Crippen molar-refractivity contribution in [3.63, 3.8) is 0 Å². The number of aromatic hydroxyl groups is 1. The monoisotopic (exact) mass is 290 g/mol. The molecule has 1 aromatic carbocycles. The van der Waals surface area contributed by atoms with E-state index in [2.05, 4.69) is 31.1 Å². The maximum Gasteiger partial charge on any atom is 0.115 e. The van der Waals surface area contributed by atoms with Gasteiger partial charge < -0.3 is 10.4 Å². The largest absolute Gasteiger partial charge is 0.508 e. The SMILES string of the molecule is CCC(CC)(C(Cc1ccc(O)cc1)NC)N1CCCC1. The van der Waals surface area contributed by atoms with Crippen LogP contribution in [0.3, 0.4) is 0 Å². The predicted octanol–water partition coefficient (Wildman–Crippen LogP) is 3.18. The molecule has 1 heterocycles. The van der Waals surface area contributed by atoms with Gasteiger partial charge in [0.25, 0.3) is 0 Å². The van der Waals surface area contributed by atoms with E-state index in [0.717, 1.165) is 6.42 Å². The molecule has 0 aliphatic carbocycles. The number of hydrogen-bond acceptors (Lipinski definition) is 3. The summed E-state index contributed by atoms with van der Waals surface area (Å²) in [4.78, 5) is 2.70. The highest BCUT2D eigenvalue weighted by Crippen LogP contribution is 2.33. The topological polar surface area (TPSA) is 35.5 Å². The molecular formula is C18H30N2O. The summed E-state index contributed by atoms with van der Waals surface area (Å²) in [5.41, 5.74) is 1.53. The van der Waals surface area contributed by atoms with Gasteiger partial charge in [-0.05, 0) is 69.9 Å². The molecule has 3 nitrogen and oxygen atoms in total. The molecule has 1 unspecified atom stereocenters. The van der Waals surface area contributed by atoms with Gasteiger partial charge in [0, 0.05) is 11.6 Å². The molecule has 1 fully saturated rings. The van der Waals surface area contributed by atoms with Crippen molar-refractivity contribution in [2.75, 3.05) is 20.1 Å². The zero-order valence-electron chi connectivity index (χ0n) is 13.7. The number of rotatable bonds is 7. The second kappa shape index (κ2) is 7.28. The van der Waals surface area contributed by atoms with Crippen molar-refractivity contribution in [1.29, 1.82) is 0 Å². The van der Waals surface area contributed by atoms with Crippen LogP contribution < -0.4 is 5.32 Å². The summed E-state index contributed by atoms with van der Waals surface area (Å²) in [7, 11) is 2.08. The van der Waals surface area contributed by atoms with Crippen molar-refractivity contribution >= 4 is 0 Å². The molecule has 1 aliphatic heterocycles. The highest BCUT2D eigenvalue weighted by atomic mass is 16.3. The minimum atomic E-state index is 0.239. The number of phenolic OH excluding ortho intramolecular Hbond substituents is 1. The van der Waals surface area contributed by atoms with E-state index in [1.54, 1.807) is 12.1 Å². The minimum Gasteiger partial charge on any atom is -0.508 e. The van der Waals surface area contributed by atoms with Gasteiger partial charge in [0.1, 0.15) is 5.75 Å². The van der Waals surface area contributed by atoms with Gasteiger partial charge in [-0.3, -0.25) is 4.90 Å². The van der Waals surface area contributed by atoms with Crippen LogP contribution in [0.15, 0.2) is 24.3 Å². The summed E-state index contributed by atoms with van der Waals surface area (Å²) in [5, 5.41) is 13.0. The van der Waals surface area contributed by atoms with Crippen molar-refractivity contribution < 1.29 is 5.11 Å². The van der Waals surface area contributed by atoms with Crippen molar-refractivity contribution in [2.45, 2.75) is 57.5 Å². The van der Waals surface area contributed by atoms with Crippen LogP contribution in [0.2, 0.25) is 0 Å². The van der Waals surface area contributed by atoms with Crippen LogP contribution in [0.1, 0.15) is 45.1 Å². The first-order valence-electron chi connectivity index (χ1n) is 8.36. The third-order valence-corrected chi connectivity index (χ3v) is 5.33. The van der Waals surface area contributed by atoms with Gasteiger partial charge in [-0.1, -0.05) is 26.0 Å². The number of phenols is 1. The third-order valence-electron chi connectivity index (χ3n) is 5.33. The average molecular weight is 290 g/mol. The van der Waals surface area contributed by atoms with E-state index in [0.29, 0.717) is 11.8 Å². The molecular weight excluding hydrogens is 260 g/mol. The molecule has 1 atom stereocenters. The number of nitrogens with one attached hydrogen (secondary N) is 1. The first-order valence-corrected chi connectivity index (χ1v) is 8.36. The Morgan fingerprint density at radius 1 is 1.14 bits per heavy atom. The van der Waals surface area contributed by atoms with E-state index in [1.165, 1.54) is 44.3 Å². The Morgan fingerprint density at radius 3 is 2.19 bits per heavy atom. The van der Waals surface area contributed by atoms with Crippen molar-refractivity contribution in [1.82, 2.24) is 10.2 Å². The Balaban J connectivity index is 2.20. The maximum absolute atomic E-state index is 9.45. The Bertz CT molecular complexity index is 419. The van der Waals surface area contributed by atoms with Gasteiger partial charge >= 0.3 is 0 Å². The molecule has 0 radical (unpaired) electrons. The summed E-state index contributed by atoms with van der Waals surface area (Å²) in [6, 6.07) is 8.10. The fraction of sp³-hybridized carbons (Fsp3) is 0.667. The molecule has 0 bridgehead atoms. The van der Waals surface area contributed by atoms with Gasteiger partial charge in [0.2, 0.25) is 0 Å². The van der Waals surface area contributed by atoms with Gasteiger partial charge in [-0.15, -0.1) is 0 Å². The van der Waals surface area contributed by atoms with Crippen LogP contribution in [0.25, 0.3) is 0 Å². The Kier molecular flexibility index (Phi) is 5.65. The minimum absolute atomic E-state index is 0.239. The molecule has 21 heavy (non-hydrogen) atoms. The molecule has 0 saturated carbocycles. The lowest BCUT2D eigenvalue weighted by Gasteiger charge is -2.47. The maximum atomic E-state index is 9.45. The van der Waals surface area contributed by atoms with Crippen LogP contribution in [0, 0.1) is 0 Å². The molecule has 1 aliphatic rings. The van der Waals surface area contributed by atoms with Gasteiger partial charge in [-0.2, -0.15) is 0 Å². The van der Waals surface area contributed by atoms with E-state index < -0.39 is 0 Å². The van der Waals surface area contributed by atoms with Crippen LogP contribution in [-0.4, -0.2) is 41.7 Å². The summed E-state index contributed by atoms with van der Waals surface area (Å²) >= 11 is 0. The Morgan fingerprint density at radius 2 is 1.71 bits per heavy atom. The first-order chi connectivity index (χ1) is 10.2. The van der Waals surface area contributed by atoms with E-state index in [1.807, 2.05) is 12.1 Å². The highest BCUT2D eigenvalue weighted by molar-refractivity contribution is 5.27. The van der Waals surface area contributed by atoms with E-state index >= 15 is 0 Å². The summed E-state index contributed by atoms with van der Waals surface area (Å²) < 4.78 is 0. The summed E-state index contributed by atoms with van der Waals surface area (Å²) in [5.74, 6) is 0.344. The third kappa shape index (κ3) is 3.41. The fourth-order valence-corrected chi connectivity index (χ4v) is 4.00. The molecule has 2 N–H and O–H groups in total. The molecule has 1 saturated heterocycles. The number of likely N-dealkylation sites (N-methyl/N-ethyl adjacent to an activating group) is 1. The van der Waals surface area contributed by atoms with E-state index in [9.17, 15) is 5.11 Å². The van der Waals surface area contributed by atoms with Gasteiger partial charge in [0.05, 0.1) is 0 Å². The quantitative estimate of drug-likeness (QED) is 0.809. The van der Waals surface area contributed by atoms with E-state index in [-0.39, 0.29) is 5.54 Å². The van der Waals surface area contributed by atoms with Crippen molar-refractivity contribution in [3.8, 4) is 5.75 Å². The van der Waals surface area contributed by atoms with E-state index in [4.69, 9.17) is 0 Å². The molecule has 3 heteroatoms. The van der Waals surface area contributed by atoms with Crippen LogP contribution >= 0.6 is 0 Å². The lowest BCUT2D eigenvalue weighted by molar-refractivity contribution is 0.0650. The molecule has 0 aromatic heterocycles. The summed E-state index contributed by atoms with van der Waals surface area (Å²) in [6.45, 7) is 7.11. The van der Waals surface area contributed by atoms with Crippen LogP contribution in [-0.2, 0) is 6.42 Å². The lowest BCUT2D eigenvalue weighted by Crippen LogP contribution is -2.60. The van der Waals surface area contributed by atoms with Crippen LogP contribution in [0.5, 0.6) is 5.75 Å². The van der Waals surface area contributed by atoms with Gasteiger partial charge in [-0.25, -0.2) is 0 Å². The Labute approximate surface area is 129 Å². The fourth-order valence-electron chi connectivity index (χ4n) is 4.00. The normalized spacial score (nSPS) is 18.0. The smallest absolute Gasteiger partial charge is 0.115 e. The average Bonchev–Trinajstić information content (AvgIpc) is 3.04. The highest BCUT2D eigenvalue weighted by Gasteiger charge is 2.41. The predicted molar refractivity (Wildman–Crippen MR) is 88.8 cm³/mol. The first kappa shape index (κ1) is 16.3. The zero-order chi connectivity index (χ0) is 15.3. The Hall–Kier alpha value is -1.06. The second-order valence-electron chi connectivity index (χ2n) is 6.22. The molecule has 2 rings (SSSR count). The van der Waals surface area contributed by atoms with Gasteiger partial charge in [0.15, 0.2) is 0 Å². The standard InChI is InChI=1S/C18H30N2O/c1-4-18(5-2,20-12-6-7-13-20)17(19-3)14-15-8-10-16(21)11-9-15/h8-11,17,19,21H,4-7,12-14H2,1-3H3. The number of likely N-dealkylation sites (tertiary alicyclic amines) is 1. The van der Waals surface area contributed by atoms with Crippen molar-refractivity contribution in [3.05, 3.63) is 29.8 Å².